The molecule has 1 aromatic heterocycles. The van der Waals surface area contributed by atoms with Crippen LogP contribution in [0.5, 0.6) is 0 Å². The lowest BCUT2D eigenvalue weighted by Gasteiger charge is -2.27. The SMILES string of the molecule is CC(C)(C)OC(=O)[C@@H]1CCCN1S(=O)(=O)c1ccc2c(Cl)cnc(N=C(N)N)c2c1. The highest BCUT2D eigenvalue weighted by molar-refractivity contribution is 7.89. The van der Waals surface area contributed by atoms with Crippen LogP contribution in [0.15, 0.2) is 34.3 Å². The molecule has 0 radical (unpaired) electrons. The maximum atomic E-state index is 13.4. The molecule has 2 heterocycles. The van der Waals surface area contributed by atoms with Gasteiger partial charge in [-0.05, 0) is 45.7 Å². The number of nitrogens with two attached hydrogens (primary N) is 2. The van der Waals surface area contributed by atoms with Gasteiger partial charge in [0.05, 0.1) is 9.92 Å². The zero-order valence-electron chi connectivity index (χ0n) is 16.9. The number of sulfonamides is 1. The molecule has 0 aliphatic carbocycles. The molecule has 0 saturated carbocycles. The smallest absolute Gasteiger partial charge is 0.324 e. The molecule has 1 aliphatic rings. The molecule has 30 heavy (non-hydrogen) atoms. The van der Waals surface area contributed by atoms with Crippen LogP contribution >= 0.6 is 11.6 Å². The summed E-state index contributed by atoms with van der Waals surface area (Å²) in [6.07, 6.45) is 2.34. The number of esters is 1. The third kappa shape index (κ3) is 4.50. The molecule has 1 fully saturated rings. The Morgan fingerprint density at radius 2 is 2.00 bits per heavy atom. The van der Waals surface area contributed by atoms with Crippen molar-refractivity contribution in [3.63, 3.8) is 0 Å². The summed E-state index contributed by atoms with van der Waals surface area (Å²) in [5, 5.41) is 1.26. The summed E-state index contributed by atoms with van der Waals surface area (Å²) in [7, 11) is -3.99. The molecular formula is C19H24ClN5O4S. The summed E-state index contributed by atoms with van der Waals surface area (Å²) < 4.78 is 33.3. The number of hydrogen-bond acceptors (Lipinski definition) is 6. The fourth-order valence-electron chi connectivity index (χ4n) is 3.31. The molecule has 9 nitrogen and oxygen atoms in total. The van der Waals surface area contributed by atoms with Gasteiger partial charge in [-0.25, -0.2) is 13.4 Å². The number of halogens is 1. The molecule has 1 saturated heterocycles. The van der Waals surface area contributed by atoms with Gasteiger partial charge in [0.1, 0.15) is 11.6 Å². The number of carbonyl (C=O) groups is 1. The number of nitrogens with zero attached hydrogens (tertiary/aromatic N) is 3. The number of aliphatic imine (C=N–C) groups is 1. The van der Waals surface area contributed by atoms with Crippen LogP contribution in [0.3, 0.4) is 0 Å². The summed E-state index contributed by atoms with van der Waals surface area (Å²) in [4.78, 5) is 20.6. The van der Waals surface area contributed by atoms with Crippen LogP contribution in [-0.4, -0.2) is 47.8 Å². The van der Waals surface area contributed by atoms with E-state index >= 15 is 0 Å². The van der Waals surface area contributed by atoms with Crippen LogP contribution in [0.1, 0.15) is 33.6 Å². The number of pyridine rings is 1. The number of carbonyl (C=O) groups excluding carboxylic acids is 1. The van der Waals surface area contributed by atoms with Crippen molar-refractivity contribution in [1.82, 2.24) is 9.29 Å². The average Bonchev–Trinajstić information content (AvgIpc) is 3.13. The third-order valence-electron chi connectivity index (χ3n) is 4.51. The maximum absolute atomic E-state index is 13.4. The lowest BCUT2D eigenvalue weighted by molar-refractivity contribution is -0.158. The second-order valence-electron chi connectivity index (χ2n) is 7.98. The molecule has 2 aromatic rings. The minimum absolute atomic E-state index is 0.0124. The molecule has 11 heteroatoms. The van der Waals surface area contributed by atoms with Gasteiger partial charge in [0.2, 0.25) is 10.0 Å². The van der Waals surface area contributed by atoms with Crippen molar-refractivity contribution < 1.29 is 17.9 Å². The van der Waals surface area contributed by atoms with E-state index in [1.54, 1.807) is 26.8 Å². The number of fused-ring (bicyclic) bond motifs is 1. The molecule has 0 bridgehead atoms. The molecule has 0 amide bonds. The van der Waals surface area contributed by atoms with Gasteiger partial charge in [0.15, 0.2) is 11.8 Å². The standard InChI is InChI=1S/C19H24ClN5O4S/c1-19(2,3)29-17(26)15-5-4-8-25(15)30(27,28)11-6-7-12-13(9-11)16(24-18(21)22)23-10-14(12)20/h6-7,9-10,15H,4-5,8H2,1-3H3,(H4,21,22,23,24)/t15-/m0/s1. The van der Waals surface area contributed by atoms with Gasteiger partial charge in [-0.3, -0.25) is 4.79 Å². The fourth-order valence-corrected chi connectivity index (χ4v) is 5.20. The van der Waals surface area contributed by atoms with Crippen molar-refractivity contribution >= 4 is 50.1 Å². The topological polar surface area (TPSA) is 141 Å². The molecule has 0 unspecified atom stereocenters. The van der Waals surface area contributed by atoms with Crippen molar-refractivity contribution in [1.29, 1.82) is 0 Å². The number of guanidine groups is 1. The van der Waals surface area contributed by atoms with E-state index in [1.165, 1.54) is 22.6 Å². The van der Waals surface area contributed by atoms with Crippen LogP contribution in [0.4, 0.5) is 5.82 Å². The number of benzene rings is 1. The van der Waals surface area contributed by atoms with Crippen LogP contribution in [0.2, 0.25) is 5.02 Å². The van der Waals surface area contributed by atoms with Crippen molar-refractivity contribution in [3.8, 4) is 0 Å². The van der Waals surface area contributed by atoms with Crippen LogP contribution in [-0.2, 0) is 19.6 Å². The summed E-state index contributed by atoms with van der Waals surface area (Å²) in [5.41, 5.74) is 10.2. The number of rotatable bonds is 4. The Hall–Kier alpha value is -2.43. The Balaban J connectivity index is 2.05. The zero-order valence-corrected chi connectivity index (χ0v) is 18.5. The van der Waals surface area contributed by atoms with Crippen LogP contribution in [0.25, 0.3) is 10.8 Å². The number of ether oxygens (including phenoxy) is 1. The van der Waals surface area contributed by atoms with E-state index in [4.69, 9.17) is 27.8 Å². The second-order valence-corrected chi connectivity index (χ2v) is 10.3. The van der Waals surface area contributed by atoms with Gasteiger partial charge in [0, 0.05) is 23.5 Å². The van der Waals surface area contributed by atoms with Gasteiger partial charge in [0.25, 0.3) is 0 Å². The molecule has 162 valence electrons. The van der Waals surface area contributed by atoms with Crippen LogP contribution in [0, 0.1) is 0 Å². The van der Waals surface area contributed by atoms with Gasteiger partial charge >= 0.3 is 5.97 Å². The Kier molecular flexibility index (Phi) is 5.94. The Bertz CT molecular complexity index is 1120. The molecule has 3 rings (SSSR count). The minimum atomic E-state index is -3.99. The molecule has 1 aliphatic heterocycles. The van der Waals surface area contributed by atoms with E-state index in [9.17, 15) is 13.2 Å². The third-order valence-corrected chi connectivity index (χ3v) is 6.72. The second kappa shape index (κ2) is 8.01. The van der Waals surface area contributed by atoms with Crippen molar-refractivity contribution in [2.24, 2.45) is 16.5 Å². The molecule has 1 aromatic carbocycles. The first-order valence-corrected chi connectivity index (χ1v) is 11.1. The molecule has 0 spiro atoms. The lowest BCUT2D eigenvalue weighted by atomic mass is 10.1. The average molecular weight is 454 g/mol. The summed E-state index contributed by atoms with van der Waals surface area (Å²) >= 11 is 6.19. The summed E-state index contributed by atoms with van der Waals surface area (Å²) in [5.74, 6) is -0.629. The van der Waals surface area contributed by atoms with Crippen LogP contribution < -0.4 is 11.5 Å². The Morgan fingerprint density at radius 3 is 2.63 bits per heavy atom. The van der Waals surface area contributed by atoms with Crippen molar-refractivity contribution in [3.05, 3.63) is 29.4 Å². The quantitative estimate of drug-likeness (QED) is 0.411. The first-order chi connectivity index (χ1) is 13.9. The molecule has 4 N–H and O–H groups in total. The number of hydrogen-bond donors (Lipinski definition) is 2. The van der Waals surface area contributed by atoms with Gasteiger partial charge < -0.3 is 16.2 Å². The highest BCUT2D eigenvalue weighted by Crippen LogP contribution is 2.34. The Morgan fingerprint density at radius 1 is 1.30 bits per heavy atom. The van der Waals surface area contributed by atoms with Crippen molar-refractivity contribution in [2.75, 3.05) is 6.54 Å². The lowest BCUT2D eigenvalue weighted by Crippen LogP contribution is -2.43. The predicted octanol–water partition coefficient (Wildman–Crippen LogP) is 2.29. The summed E-state index contributed by atoms with van der Waals surface area (Å²) in [6.45, 7) is 5.44. The maximum Gasteiger partial charge on any atom is 0.324 e. The predicted molar refractivity (Wildman–Crippen MR) is 115 cm³/mol. The zero-order chi connectivity index (χ0) is 22.3. The van der Waals surface area contributed by atoms with Gasteiger partial charge in [-0.1, -0.05) is 17.7 Å². The molecular weight excluding hydrogens is 430 g/mol. The van der Waals surface area contributed by atoms with E-state index in [0.29, 0.717) is 28.6 Å². The van der Waals surface area contributed by atoms with E-state index in [2.05, 4.69) is 9.98 Å². The van der Waals surface area contributed by atoms with E-state index in [-0.39, 0.29) is 23.2 Å². The fraction of sp³-hybridized carbons (Fsp3) is 0.421. The van der Waals surface area contributed by atoms with E-state index in [1.807, 2.05) is 0 Å². The van der Waals surface area contributed by atoms with Gasteiger partial charge in [-0.15, -0.1) is 0 Å². The normalized spacial score (nSPS) is 17.8. The first-order valence-electron chi connectivity index (χ1n) is 9.33. The first kappa shape index (κ1) is 22.3. The molecule has 1 atom stereocenters. The highest BCUT2D eigenvalue weighted by atomic mass is 35.5. The van der Waals surface area contributed by atoms with E-state index in [0.717, 1.165) is 0 Å². The van der Waals surface area contributed by atoms with E-state index < -0.39 is 27.6 Å². The monoisotopic (exact) mass is 453 g/mol. The largest absolute Gasteiger partial charge is 0.459 e. The van der Waals surface area contributed by atoms with Crippen molar-refractivity contribution in [2.45, 2.75) is 50.2 Å². The number of aromatic nitrogens is 1. The van der Waals surface area contributed by atoms with Gasteiger partial charge in [-0.2, -0.15) is 9.30 Å². The highest BCUT2D eigenvalue weighted by Gasteiger charge is 2.41. The Labute approximate surface area is 180 Å². The minimum Gasteiger partial charge on any atom is -0.459 e. The summed E-state index contributed by atoms with van der Waals surface area (Å²) in [6, 6.07) is 3.54.